The van der Waals surface area contributed by atoms with Crippen molar-refractivity contribution in [1.29, 1.82) is 0 Å². The molecule has 3 saturated heterocycles. The topological polar surface area (TPSA) is 203 Å². The number of amides is 5. The number of thiophene rings is 3. The number of hydrogen-bond donors (Lipinski definition) is 2. The quantitative estimate of drug-likeness (QED) is 0.0937. The van der Waals surface area contributed by atoms with Crippen molar-refractivity contribution in [3.8, 4) is 35.5 Å². The second-order valence-corrected chi connectivity index (χ2v) is 29.7. The lowest BCUT2D eigenvalue weighted by atomic mass is 9.98. The Hall–Kier alpha value is -7.06. The van der Waals surface area contributed by atoms with Crippen molar-refractivity contribution < 1.29 is 52.9 Å². The van der Waals surface area contributed by atoms with Gasteiger partial charge in [0, 0.05) is 67.1 Å². The maximum atomic E-state index is 13.9. The van der Waals surface area contributed by atoms with E-state index < -0.39 is 41.8 Å². The Balaban J connectivity index is 0.000000221. The molecule has 3 aromatic heterocycles. The summed E-state index contributed by atoms with van der Waals surface area (Å²) in [7, 11) is 7.78. The van der Waals surface area contributed by atoms with Crippen LogP contribution in [0.2, 0.25) is 20.1 Å². The van der Waals surface area contributed by atoms with E-state index in [1.165, 1.54) is 65.7 Å². The number of nitrogens with one attached hydrogen (secondary N) is 1. The van der Waals surface area contributed by atoms with Crippen molar-refractivity contribution in [2.45, 2.75) is 119 Å². The molecule has 24 heteroatoms. The summed E-state index contributed by atoms with van der Waals surface area (Å²) in [6, 6.07) is 12.1. The fraction of sp³-hybridized carbons (Fsp3) is 0.433. The molecule has 17 nitrogen and oxygen atoms in total. The lowest BCUT2D eigenvalue weighted by molar-refractivity contribution is -0.134. The number of piperidine rings is 3. The zero-order valence-corrected chi connectivity index (χ0v) is 58.8. The van der Waals surface area contributed by atoms with Gasteiger partial charge in [0.1, 0.15) is 32.8 Å². The van der Waals surface area contributed by atoms with E-state index in [1.807, 2.05) is 68.4 Å². The predicted molar refractivity (Wildman–Crippen MR) is 364 cm³/mol. The van der Waals surface area contributed by atoms with Gasteiger partial charge in [0.2, 0.25) is 17.7 Å². The molecule has 0 saturated carbocycles. The zero-order chi connectivity index (χ0) is 67.6. The van der Waals surface area contributed by atoms with Crippen molar-refractivity contribution >= 4 is 145 Å². The Bertz CT molecular complexity index is 3820. The van der Waals surface area contributed by atoms with Crippen LogP contribution in [-0.2, 0) is 23.9 Å². The first-order valence-corrected chi connectivity index (χ1v) is 33.0. The maximum Gasteiger partial charge on any atom is 0.350 e. The summed E-state index contributed by atoms with van der Waals surface area (Å²) < 4.78 is 9.85. The number of benzene rings is 2. The molecule has 6 heterocycles. The van der Waals surface area contributed by atoms with Gasteiger partial charge in [-0.3, -0.25) is 33.8 Å². The number of likely N-dealkylation sites (tertiary alicyclic amines) is 3. The van der Waals surface area contributed by atoms with E-state index >= 15 is 0 Å². The molecular formula is C67H74Cl4N6O11S3. The van der Waals surface area contributed by atoms with E-state index in [9.17, 15) is 43.5 Å². The number of carboxylic acid groups (broad SMARTS) is 1. The number of likely N-dealkylation sites (N-methyl/N-ethyl adjacent to an activating group) is 3. The summed E-state index contributed by atoms with van der Waals surface area (Å²) in [5.41, 5.74) is 0.675. The Kier molecular flexibility index (Phi) is 24.9. The largest absolute Gasteiger partial charge is 0.477 e. The second kappa shape index (κ2) is 31.0. The maximum absolute atomic E-state index is 13.9. The van der Waals surface area contributed by atoms with Crippen LogP contribution in [-0.4, -0.2) is 140 Å². The summed E-state index contributed by atoms with van der Waals surface area (Å²) >= 11 is 28.1. The minimum atomic E-state index is -1.20. The molecule has 2 aromatic carbocycles. The molecule has 484 valence electrons. The van der Waals surface area contributed by atoms with Crippen LogP contribution >= 0.6 is 80.4 Å². The molecule has 0 unspecified atom stereocenters. The number of anilines is 3. The number of ether oxygens (including phenoxy) is 2. The first-order chi connectivity index (χ1) is 42.5. The third-order valence-corrected chi connectivity index (χ3v) is 18.1. The van der Waals surface area contributed by atoms with Gasteiger partial charge in [-0.15, -0.1) is 34.0 Å². The molecule has 5 aromatic rings. The first-order valence-electron chi connectivity index (χ1n) is 29.0. The zero-order valence-electron chi connectivity index (χ0n) is 53.3. The molecule has 0 spiro atoms. The van der Waals surface area contributed by atoms with E-state index in [4.69, 9.17) is 55.9 Å². The van der Waals surface area contributed by atoms with Gasteiger partial charge in [-0.1, -0.05) is 81.9 Å². The molecule has 3 atom stereocenters. The third-order valence-electron chi connectivity index (χ3n) is 13.9. The van der Waals surface area contributed by atoms with Crippen LogP contribution < -0.4 is 15.1 Å². The van der Waals surface area contributed by atoms with Gasteiger partial charge in [0.05, 0.1) is 67.1 Å². The smallest absolute Gasteiger partial charge is 0.350 e. The minimum absolute atomic E-state index is 0.0468. The van der Waals surface area contributed by atoms with Crippen molar-refractivity contribution in [2.24, 2.45) is 16.2 Å². The van der Waals surface area contributed by atoms with Crippen LogP contribution in [0.4, 0.5) is 17.1 Å². The Morgan fingerprint density at radius 1 is 0.538 bits per heavy atom. The van der Waals surface area contributed by atoms with Gasteiger partial charge < -0.3 is 34.6 Å². The monoisotopic (exact) mass is 1370 g/mol. The van der Waals surface area contributed by atoms with Gasteiger partial charge in [0.25, 0.3) is 11.8 Å². The SMILES string of the molecule is CN1CCC[C@H](N(C(=O)c2ccc(Cl)cc2Cl)c2cc(C#CC(C)(C)C)sc2C(=O)O)C1=O.COC(=O)c1sc(C#CC(C)(C)C)cc1N(C(=O)c1ccc(Cl)cc1Cl)[C@H]1CCCN(C)C1=O.COC(=O)c1sc(C#CC(C)(C)C)cc1N[C@H]1CCCN(C)C1=O. The van der Waals surface area contributed by atoms with Gasteiger partial charge in [-0.25, -0.2) is 14.4 Å². The number of rotatable bonds is 11. The average Bonchev–Trinajstić information content (AvgIpc) is 1.78. The fourth-order valence-electron chi connectivity index (χ4n) is 9.46. The fourth-order valence-corrected chi connectivity index (χ4v) is 13.1. The Labute approximate surface area is 564 Å². The van der Waals surface area contributed by atoms with Gasteiger partial charge in [-0.2, -0.15) is 0 Å². The number of carbonyl (C=O) groups is 8. The lowest BCUT2D eigenvalue weighted by Crippen LogP contribution is -2.53. The summed E-state index contributed by atoms with van der Waals surface area (Å²) in [4.78, 5) is 113. The Morgan fingerprint density at radius 2 is 0.901 bits per heavy atom. The van der Waals surface area contributed by atoms with Gasteiger partial charge >= 0.3 is 17.9 Å². The number of carbonyl (C=O) groups excluding carboxylic acids is 7. The van der Waals surface area contributed by atoms with Crippen LogP contribution in [0.15, 0.2) is 54.6 Å². The number of aromatic carboxylic acids is 1. The molecule has 5 amide bonds. The number of hydrogen-bond acceptors (Lipinski definition) is 14. The number of halogens is 4. The van der Waals surface area contributed by atoms with E-state index in [0.29, 0.717) is 69.1 Å². The molecule has 0 aliphatic carbocycles. The number of esters is 2. The lowest BCUT2D eigenvalue weighted by Gasteiger charge is -2.37. The highest BCUT2D eigenvalue weighted by atomic mass is 35.5. The molecule has 3 fully saturated rings. The van der Waals surface area contributed by atoms with Gasteiger partial charge in [0.15, 0.2) is 0 Å². The molecule has 2 N–H and O–H groups in total. The van der Waals surface area contributed by atoms with Crippen LogP contribution in [0.25, 0.3) is 0 Å². The van der Waals surface area contributed by atoms with Crippen molar-refractivity contribution in [3.05, 3.63) is 115 Å². The summed E-state index contributed by atoms with van der Waals surface area (Å²) in [5.74, 6) is 14.9. The Morgan fingerprint density at radius 3 is 1.30 bits per heavy atom. The molecule has 0 bridgehead atoms. The summed E-state index contributed by atoms with van der Waals surface area (Å²) in [5, 5.41) is 14.1. The highest BCUT2D eigenvalue weighted by Crippen LogP contribution is 2.39. The third kappa shape index (κ3) is 19.5. The number of nitrogens with zero attached hydrogens (tertiary/aromatic N) is 5. The second-order valence-electron chi connectivity index (χ2n) is 24.8. The van der Waals surface area contributed by atoms with Gasteiger partial charge in [-0.05, 0) is 155 Å². The molecule has 8 rings (SSSR count). The normalized spacial score (nSPS) is 16.6. The highest BCUT2D eigenvalue weighted by molar-refractivity contribution is 7.16. The minimum Gasteiger partial charge on any atom is -0.477 e. The van der Waals surface area contributed by atoms with Crippen molar-refractivity contribution in [1.82, 2.24) is 14.7 Å². The van der Waals surface area contributed by atoms with Crippen LogP contribution in [0.1, 0.15) is 165 Å². The standard InChI is InChI=1S/C25H26Cl2N2O4S.C24H24Cl2N2O4S.C18H24N2O3S/c1-25(2,3)11-10-16-14-20(21(34-16)24(32)33-5)29(19-7-6-12-28(4)23(19)31)22(30)17-9-8-15(26)13-18(17)27;1-24(2,3)10-9-15-13-19(20(33-15)23(31)32)28(18-6-5-11-27(4)22(18)30)21(29)16-8-7-14(25)12-17(16)26;1-18(2,3)9-8-12-11-14(15(24-12)17(22)23-5)19-13-7-6-10-20(4)16(13)21/h8-9,13-14,19H,6-7,12H2,1-5H3;7-8,12-13,18H,5-6,11H2,1-4H3,(H,31,32);11,13,19H,6-7,10H2,1-5H3/t19-;18-;13-/m000/s1. The van der Waals surface area contributed by atoms with Crippen LogP contribution in [0, 0.1) is 51.8 Å². The highest BCUT2D eigenvalue weighted by Gasteiger charge is 2.41. The summed E-state index contributed by atoms with van der Waals surface area (Å²) in [6.07, 6.45) is 3.92. The molecule has 3 aliphatic rings. The van der Waals surface area contributed by atoms with E-state index in [2.05, 4.69) is 40.8 Å². The van der Waals surface area contributed by atoms with Crippen LogP contribution in [0.3, 0.4) is 0 Å². The van der Waals surface area contributed by atoms with Crippen LogP contribution in [0.5, 0.6) is 0 Å². The number of carboxylic acids is 1. The first kappa shape index (κ1) is 73.0. The van der Waals surface area contributed by atoms with Crippen molar-refractivity contribution in [3.63, 3.8) is 0 Å². The molecular weight excluding hydrogens is 1300 g/mol. The number of methoxy groups -OCH3 is 2. The van der Waals surface area contributed by atoms with Crippen molar-refractivity contribution in [2.75, 3.05) is 70.1 Å². The average molecular weight is 1380 g/mol. The summed E-state index contributed by atoms with van der Waals surface area (Å²) in [6.45, 7) is 19.8. The van der Waals surface area contributed by atoms with E-state index in [1.54, 1.807) is 54.0 Å². The predicted octanol–water partition coefficient (Wildman–Crippen LogP) is 13.9. The van der Waals surface area contributed by atoms with E-state index in [0.717, 1.165) is 46.9 Å². The molecule has 91 heavy (non-hydrogen) atoms. The molecule has 0 radical (unpaired) electrons. The van der Waals surface area contributed by atoms with E-state index in [-0.39, 0.29) is 82.3 Å². The molecule has 3 aliphatic heterocycles.